The van der Waals surface area contributed by atoms with Crippen LogP contribution in [0.25, 0.3) is 0 Å². The molecule has 0 radical (unpaired) electrons. The van der Waals surface area contributed by atoms with E-state index in [0.717, 1.165) is 10.0 Å². The van der Waals surface area contributed by atoms with Crippen molar-refractivity contribution in [3.63, 3.8) is 0 Å². The Kier molecular flexibility index (Phi) is 3.87. The third kappa shape index (κ3) is 2.82. The highest BCUT2D eigenvalue weighted by molar-refractivity contribution is 9.10. The van der Waals surface area contributed by atoms with E-state index in [4.69, 9.17) is 0 Å². The van der Waals surface area contributed by atoms with Crippen LogP contribution in [0.2, 0.25) is 0 Å². The minimum absolute atomic E-state index is 0.0132. The normalized spacial score (nSPS) is 12.2. The molecule has 0 spiro atoms. The fraction of sp³-hybridized carbons (Fsp3) is 0.214. The van der Waals surface area contributed by atoms with Crippen molar-refractivity contribution >= 4 is 21.8 Å². The minimum atomic E-state index is -0.101. The van der Waals surface area contributed by atoms with Gasteiger partial charge in [0.25, 0.3) is 5.91 Å². The van der Waals surface area contributed by atoms with Crippen molar-refractivity contribution in [2.75, 3.05) is 0 Å². The van der Waals surface area contributed by atoms with E-state index in [1.165, 1.54) is 5.56 Å². The molecule has 0 bridgehead atoms. The molecule has 0 aliphatic carbocycles. The third-order valence-corrected chi connectivity index (χ3v) is 3.35. The molecule has 18 heavy (non-hydrogen) atoms. The molecule has 0 fully saturated rings. The first-order valence-electron chi connectivity index (χ1n) is 5.78. The van der Waals surface area contributed by atoms with Crippen molar-refractivity contribution < 1.29 is 4.79 Å². The van der Waals surface area contributed by atoms with Gasteiger partial charge in [-0.25, -0.2) is 0 Å². The number of hydrogen-bond acceptors (Lipinski definition) is 1. The van der Waals surface area contributed by atoms with Crippen LogP contribution in [0, 0.1) is 6.92 Å². The lowest BCUT2D eigenvalue weighted by Crippen LogP contribution is -2.27. The van der Waals surface area contributed by atoms with Crippen molar-refractivity contribution in [2.24, 2.45) is 0 Å². The number of aryl methyl sites for hydroxylation is 1. The van der Waals surface area contributed by atoms with E-state index >= 15 is 0 Å². The molecule has 2 N–H and O–H groups in total. The van der Waals surface area contributed by atoms with E-state index in [1.54, 1.807) is 12.3 Å². The quantitative estimate of drug-likeness (QED) is 0.894. The number of aromatic amines is 1. The molecule has 1 aromatic carbocycles. The molecular formula is C14H15BrN2O. The fourth-order valence-electron chi connectivity index (χ4n) is 1.92. The van der Waals surface area contributed by atoms with Crippen LogP contribution in [0.4, 0.5) is 0 Å². The van der Waals surface area contributed by atoms with Crippen molar-refractivity contribution in [3.8, 4) is 0 Å². The monoisotopic (exact) mass is 306 g/mol. The van der Waals surface area contributed by atoms with Gasteiger partial charge in [-0.05, 0) is 47.0 Å². The lowest BCUT2D eigenvalue weighted by atomic mass is 10.0. The van der Waals surface area contributed by atoms with Gasteiger partial charge in [-0.15, -0.1) is 0 Å². The summed E-state index contributed by atoms with van der Waals surface area (Å²) >= 11 is 3.31. The topological polar surface area (TPSA) is 44.9 Å². The van der Waals surface area contributed by atoms with Crippen LogP contribution in [0.15, 0.2) is 41.0 Å². The van der Waals surface area contributed by atoms with Crippen LogP contribution in [-0.2, 0) is 0 Å². The average molecular weight is 307 g/mol. The number of H-pyrrole nitrogens is 1. The molecule has 3 nitrogen and oxygen atoms in total. The summed E-state index contributed by atoms with van der Waals surface area (Å²) < 4.78 is 0.871. The SMILES string of the molecule is Cc1ccccc1C(C)NC(=O)c1cc(Br)c[nH]1. The van der Waals surface area contributed by atoms with Gasteiger partial charge < -0.3 is 10.3 Å². The van der Waals surface area contributed by atoms with Gasteiger partial charge in [0, 0.05) is 10.7 Å². The molecule has 94 valence electrons. The molecule has 1 heterocycles. The number of hydrogen-bond donors (Lipinski definition) is 2. The van der Waals surface area contributed by atoms with Crippen molar-refractivity contribution in [3.05, 3.63) is 57.8 Å². The van der Waals surface area contributed by atoms with E-state index < -0.39 is 0 Å². The Morgan fingerprint density at radius 2 is 2.11 bits per heavy atom. The summed E-state index contributed by atoms with van der Waals surface area (Å²) in [4.78, 5) is 14.9. The van der Waals surface area contributed by atoms with Gasteiger partial charge >= 0.3 is 0 Å². The molecular weight excluding hydrogens is 292 g/mol. The lowest BCUT2D eigenvalue weighted by Gasteiger charge is -2.16. The molecule has 1 atom stereocenters. The number of benzene rings is 1. The number of halogens is 1. The largest absolute Gasteiger partial charge is 0.356 e. The summed E-state index contributed by atoms with van der Waals surface area (Å²) in [5, 5.41) is 2.98. The zero-order valence-electron chi connectivity index (χ0n) is 10.3. The van der Waals surface area contributed by atoms with Gasteiger partial charge in [0.1, 0.15) is 5.69 Å². The maximum Gasteiger partial charge on any atom is 0.268 e. The second-order valence-electron chi connectivity index (χ2n) is 4.28. The lowest BCUT2D eigenvalue weighted by molar-refractivity contribution is 0.0935. The Labute approximate surface area is 115 Å². The van der Waals surface area contributed by atoms with Gasteiger partial charge in [-0.3, -0.25) is 4.79 Å². The first kappa shape index (κ1) is 12.9. The molecule has 0 aliphatic rings. The summed E-state index contributed by atoms with van der Waals surface area (Å²) in [6.45, 7) is 4.03. The van der Waals surface area contributed by atoms with Crippen molar-refractivity contribution in [2.45, 2.75) is 19.9 Å². The Bertz CT molecular complexity index is 562. The van der Waals surface area contributed by atoms with Crippen LogP contribution in [0.5, 0.6) is 0 Å². The predicted octanol–water partition coefficient (Wildman–Crippen LogP) is 3.58. The minimum Gasteiger partial charge on any atom is -0.356 e. The number of carbonyl (C=O) groups is 1. The molecule has 0 saturated carbocycles. The molecule has 2 aromatic rings. The molecule has 2 rings (SSSR count). The molecule has 0 saturated heterocycles. The van der Waals surface area contributed by atoms with E-state index in [0.29, 0.717) is 5.69 Å². The summed E-state index contributed by atoms with van der Waals surface area (Å²) in [7, 11) is 0. The van der Waals surface area contributed by atoms with Gasteiger partial charge in [-0.1, -0.05) is 24.3 Å². The van der Waals surface area contributed by atoms with E-state index in [-0.39, 0.29) is 11.9 Å². The smallest absolute Gasteiger partial charge is 0.268 e. The fourth-order valence-corrected chi connectivity index (χ4v) is 2.27. The first-order chi connectivity index (χ1) is 8.58. The van der Waals surface area contributed by atoms with Crippen molar-refractivity contribution in [1.29, 1.82) is 0 Å². The van der Waals surface area contributed by atoms with E-state index in [2.05, 4.69) is 26.2 Å². The number of nitrogens with one attached hydrogen (secondary N) is 2. The van der Waals surface area contributed by atoms with E-state index in [9.17, 15) is 4.79 Å². The maximum atomic E-state index is 12.0. The molecule has 1 aromatic heterocycles. The van der Waals surface area contributed by atoms with Gasteiger partial charge in [0.15, 0.2) is 0 Å². The highest BCUT2D eigenvalue weighted by Gasteiger charge is 2.13. The van der Waals surface area contributed by atoms with Gasteiger partial charge in [0.2, 0.25) is 0 Å². The number of rotatable bonds is 3. The Hall–Kier alpha value is -1.55. The van der Waals surface area contributed by atoms with Crippen molar-refractivity contribution in [1.82, 2.24) is 10.3 Å². The third-order valence-electron chi connectivity index (χ3n) is 2.89. The highest BCUT2D eigenvalue weighted by atomic mass is 79.9. The molecule has 1 amide bonds. The number of amides is 1. The number of aromatic nitrogens is 1. The Morgan fingerprint density at radius 3 is 2.72 bits per heavy atom. The van der Waals surface area contributed by atoms with Gasteiger partial charge in [0.05, 0.1) is 6.04 Å². The summed E-state index contributed by atoms with van der Waals surface area (Å²) in [5.41, 5.74) is 2.87. The Morgan fingerprint density at radius 1 is 1.39 bits per heavy atom. The summed E-state index contributed by atoms with van der Waals surface area (Å²) in [5.74, 6) is -0.101. The second kappa shape index (κ2) is 5.40. The average Bonchev–Trinajstić information content (AvgIpc) is 2.76. The first-order valence-corrected chi connectivity index (χ1v) is 6.57. The molecule has 0 aliphatic heterocycles. The van der Waals surface area contributed by atoms with E-state index in [1.807, 2.05) is 38.1 Å². The number of carbonyl (C=O) groups excluding carboxylic acids is 1. The van der Waals surface area contributed by atoms with Crippen LogP contribution in [0.1, 0.15) is 34.6 Å². The van der Waals surface area contributed by atoms with Gasteiger partial charge in [-0.2, -0.15) is 0 Å². The van der Waals surface area contributed by atoms with Crippen LogP contribution < -0.4 is 5.32 Å². The Balaban J connectivity index is 2.10. The van der Waals surface area contributed by atoms with Crippen LogP contribution in [0.3, 0.4) is 0 Å². The van der Waals surface area contributed by atoms with Crippen LogP contribution >= 0.6 is 15.9 Å². The standard InChI is InChI=1S/C14H15BrN2O/c1-9-5-3-4-6-12(9)10(2)17-14(18)13-7-11(15)8-16-13/h3-8,10,16H,1-2H3,(H,17,18). The molecule has 4 heteroatoms. The second-order valence-corrected chi connectivity index (χ2v) is 5.20. The predicted molar refractivity (Wildman–Crippen MR) is 75.6 cm³/mol. The summed E-state index contributed by atoms with van der Waals surface area (Å²) in [6, 6.07) is 9.81. The summed E-state index contributed by atoms with van der Waals surface area (Å²) in [6.07, 6.45) is 1.74. The maximum absolute atomic E-state index is 12.0. The highest BCUT2D eigenvalue weighted by Crippen LogP contribution is 2.17. The zero-order valence-corrected chi connectivity index (χ0v) is 11.9. The molecule has 1 unspecified atom stereocenters. The van der Waals surface area contributed by atoms with Crippen LogP contribution in [-0.4, -0.2) is 10.9 Å². The zero-order chi connectivity index (χ0) is 13.1.